The molecule has 0 amide bonds. The fourth-order valence-corrected chi connectivity index (χ4v) is 4.21. The van der Waals surface area contributed by atoms with Crippen LogP contribution in [-0.4, -0.2) is 27.3 Å². The molecule has 3 aromatic rings. The molecule has 138 valence electrons. The molecule has 3 rings (SSSR count). The topological polar surface area (TPSA) is 68.5 Å². The van der Waals surface area contributed by atoms with Gasteiger partial charge in [0.1, 0.15) is 17.1 Å². The number of fused-ring (bicyclic) bond motifs is 1. The van der Waals surface area contributed by atoms with Crippen molar-refractivity contribution in [1.29, 1.82) is 0 Å². The molecule has 0 aliphatic carbocycles. The first-order valence-electron chi connectivity index (χ1n) is 8.55. The number of ether oxygens (including phenoxy) is 1. The van der Waals surface area contributed by atoms with Gasteiger partial charge in [0.05, 0.1) is 12.9 Å². The summed E-state index contributed by atoms with van der Waals surface area (Å²) in [6.07, 6.45) is 0.965. The highest BCUT2D eigenvalue weighted by molar-refractivity contribution is 7.89. The van der Waals surface area contributed by atoms with E-state index in [1.807, 2.05) is 61.5 Å². The molecule has 1 heterocycles. The Morgan fingerprint density at radius 1 is 1.12 bits per heavy atom. The number of furan rings is 1. The minimum absolute atomic E-state index is 0.0454. The molecule has 6 heteroatoms. The Morgan fingerprint density at radius 2 is 1.85 bits per heavy atom. The quantitative estimate of drug-likeness (QED) is 0.656. The highest BCUT2D eigenvalue weighted by atomic mass is 32.2. The summed E-state index contributed by atoms with van der Waals surface area (Å²) in [7, 11) is -1.76. The van der Waals surface area contributed by atoms with Gasteiger partial charge in [0.25, 0.3) is 0 Å². The molecule has 1 N–H and O–H groups in total. The summed E-state index contributed by atoms with van der Waals surface area (Å²) in [4.78, 5) is 0. The van der Waals surface area contributed by atoms with Crippen molar-refractivity contribution in [2.45, 2.75) is 25.8 Å². The van der Waals surface area contributed by atoms with E-state index in [9.17, 15) is 8.42 Å². The average molecular weight is 373 g/mol. The zero-order chi connectivity index (χ0) is 18.6. The number of hydrogen-bond donors (Lipinski definition) is 1. The Hall–Kier alpha value is -2.31. The molecule has 1 atom stereocenters. The van der Waals surface area contributed by atoms with Crippen LogP contribution in [0.5, 0.6) is 5.75 Å². The lowest BCUT2D eigenvalue weighted by molar-refractivity contribution is 0.414. The minimum Gasteiger partial charge on any atom is -0.497 e. The second-order valence-corrected chi connectivity index (χ2v) is 8.26. The molecule has 1 aromatic heterocycles. The van der Waals surface area contributed by atoms with Crippen molar-refractivity contribution < 1.29 is 17.6 Å². The van der Waals surface area contributed by atoms with Gasteiger partial charge in [-0.05, 0) is 43.2 Å². The van der Waals surface area contributed by atoms with Crippen molar-refractivity contribution in [1.82, 2.24) is 4.72 Å². The van der Waals surface area contributed by atoms with E-state index in [4.69, 9.17) is 9.15 Å². The highest BCUT2D eigenvalue weighted by Gasteiger charge is 2.16. The predicted octanol–water partition coefficient (Wildman–Crippen LogP) is 3.53. The minimum atomic E-state index is -3.37. The van der Waals surface area contributed by atoms with Crippen molar-refractivity contribution in [3.63, 3.8) is 0 Å². The number of para-hydroxylation sites is 1. The third-order valence-corrected chi connectivity index (χ3v) is 5.69. The van der Waals surface area contributed by atoms with E-state index in [0.717, 1.165) is 28.0 Å². The third kappa shape index (κ3) is 4.86. The summed E-state index contributed by atoms with van der Waals surface area (Å²) in [5, 5.41) is 1.03. The zero-order valence-corrected chi connectivity index (χ0v) is 15.8. The van der Waals surface area contributed by atoms with Gasteiger partial charge in [-0.1, -0.05) is 30.3 Å². The lowest BCUT2D eigenvalue weighted by atomic mass is 10.2. The maximum atomic E-state index is 12.3. The van der Waals surface area contributed by atoms with Crippen LogP contribution in [0.1, 0.15) is 18.2 Å². The van der Waals surface area contributed by atoms with Gasteiger partial charge < -0.3 is 9.15 Å². The van der Waals surface area contributed by atoms with Crippen LogP contribution < -0.4 is 9.46 Å². The predicted molar refractivity (Wildman–Crippen MR) is 103 cm³/mol. The van der Waals surface area contributed by atoms with Gasteiger partial charge in [0, 0.05) is 17.8 Å². The van der Waals surface area contributed by atoms with Gasteiger partial charge in [-0.15, -0.1) is 0 Å². The Bertz CT molecular complexity index is 928. The van der Waals surface area contributed by atoms with E-state index in [1.165, 1.54) is 0 Å². The molecule has 5 nitrogen and oxygen atoms in total. The van der Waals surface area contributed by atoms with E-state index in [2.05, 4.69) is 4.72 Å². The van der Waals surface area contributed by atoms with Crippen LogP contribution in [0.25, 0.3) is 11.0 Å². The second kappa shape index (κ2) is 7.93. The maximum absolute atomic E-state index is 12.3. The summed E-state index contributed by atoms with van der Waals surface area (Å²) < 4.78 is 38.3. The summed E-state index contributed by atoms with van der Waals surface area (Å²) in [6.45, 7) is 1.85. The molecule has 0 saturated carbocycles. The SMILES string of the molecule is COc1ccc(CCS(=O)(=O)N[C@@H](C)Cc2cc3ccccc3o2)cc1. The van der Waals surface area contributed by atoms with Gasteiger partial charge in [-0.2, -0.15) is 0 Å². The Balaban J connectivity index is 1.55. The highest BCUT2D eigenvalue weighted by Crippen LogP contribution is 2.20. The molecule has 0 fully saturated rings. The summed E-state index contributed by atoms with van der Waals surface area (Å²) in [6, 6.07) is 16.9. The first-order chi connectivity index (χ1) is 12.4. The van der Waals surface area contributed by atoms with Crippen molar-refractivity contribution in [3.05, 3.63) is 65.9 Å². The first kappa shape index (κ1) is 18.5. The Labute approximate surface area is 154 Å². The van der Waals surface area contributed by atoms with Crippen LogP contribution in [0.15, 0.2) is 59.0 Å². The lowest BCUT2D eigenvalue weighted by Gasteiger charge is -2.13. The lowest BCUT2D eigenvalue weighted by Crippen LogP contribution is -2.36. The van der Waals surface area contributed by atoms with Crippen LogP contribution in [0.3, 0.4) is 0 Å². The Kier molecular flexibility index (Phi) is 5.64. The Morgan fingerprint density at radius 3 is 2.54 bits per heavy atom. The zero-order valence-electron chi connectivity index (χ0n) is 14.9. The van der Waals surface area contributed by atoms with Crippen molar-refractivity contribution in [2.24, 2.45) is 0 Å². The molecule has 0 saturated heterocycles. The fraction of sp³-hybridized carbons (Fsp3) is 0.300. The van der Waals surface area contributed by atoms with Gasteiger partial charge in [0.15, 0.2) is 0 Å². The van der Waals surface area contributed by atoms with E-state index in [1.54, 1.807) is 7.11 Å². The van der Waals surface area contributed by atoms with Crippen molar-refractivity contribution in [3.8, 4) is 5.75 Å². The molecule has 0 bridgehead atoms. The summed E-state index contributed by atoms with van der Waals surface area (Å²) in [5.74, 6) is 1.58. The number of aryl methyl sites for hydroxylation is 1. The van der Waals surface area contributed by atoms with Crippen molar-refractivity contribution >= 4 is 21.0 Å². The van der Waals surface area contributed by atoms with Gasteiger partial charge >= 0.3 is 0 Å². The molecular formula is C20H23NO4S. The maximum Gasteiger partial charge on any atom is 0.212 e. The molecule has 0 unspecified atom stereocenters. The van der Waals surface area contributed by atoms with Crippen LogP contribution in [0, 0.1) is 0 Å². The molecule has 26 heavy (non-hydrogen) atoms. The third-order valence-electron chi connectivity index (χ3n) is 4.18. The van der Waals surface area contributed by atoms with Crippen LogP contribution in [0.2, 0.25) is 0 Å². The standard InChI is InChI=1S/C20H23NO4S/c1-15(13-19-14-17-5-3-4-6-20(17)25-19)21-26(22,23)12-11-16-7-9-18(24-2)10-8-16/h3-10,14-15,21H,11-13H2,1-2H3/t15-/m0/s1. The van der Waals surface area contributed by atoms with Crippen LogP contribution in [-0.2, 0) is 22.9 Å². The van der Waals surface area contributed by atoms with E-state index < -0.39 is 10.0 Å². The molecule has 2 aromatic carbocycles. The number of methoxy groups -OCH3 is 1. The average Bonchev–Trinajstić information content (AvgIpc) is 3.02. The normalized spacial score (nSPS) is 13.0. The number of rotatable bonds is 8. The van der Waals surface area contributed by atoms with E-state index >= 15 is 0 Å². The molecule has 0 radical (unpaired) electrons. The second-order valence-electron chi connectivity index (χ2n) is 6.39. The molecular weight excluding hydrogens is 350 g/mol. The van der Waals surface area contributed by atoms with E-state index in [-0.39, 0.29) is 11.8 Å². The van der Waals surface area contributed by atoms with Gasteiger partial charge in [-0.25, -0.2) is 13.1 Å². The molecule has 0 spiro atoms. The number of sulfonamides is 1. The monoisotopic (exact) mass is 373 g/mol. The fourth-order valence-electron chi connectivity index (χ4n) is 2.89. The summed E-state index contributed by atoms with van der Waals surface area (Å²) in [5.41, 5.74) is 1.78. The van der Waals surface area contributed by atoms with Gasteiger partial charge in [-0.3, -0.25) is 0 Å². The summed E-state index contributed by atoms with van der Waals surface area (Å²) >= 11 is 0. The van der Waals surface area contributed by atoms with Crippen LogP contribution in [0.4, 0.5) is 0 Å². The first-order valence-corrected chi connectivity index (χ1v) is 10.2. The largest absolute Gasteiger partial charge is 0.497 e. The van der Waals surface area contributed by atoms with Crippen molar-refractivity contribution in [2.75, 3.05) is 12.9 Å². The molecule has 0 aliphatic rings. The number of hydrogen-bond acceptors (Lipinski definition) is 4. The van der Waals surface area contributed by atoms with Crippen LogP contribution >= 0.6 is 0 Å². The van der Waals surface area contributed by atoms with E-state index in [0.29, 0.717) is 12.8 Å². The van der Waals surface area contributed by atoms with Gasteiger partial charge in [0.2, 0.25) is 10.0 Å². The number of nitrogens with one attached hydrogen (secondary N) is 1. The number of benzene rings is 2. The molecule has 0 aliphatic heterocycles. The smallest absolute Gasteiger partial charge is 0.212 e.